The van der Waals surface area contributed by atoms with Crippen molar-refractivity contribution in [1.29, 1.82) is 0 Å². The molecule has 0 nitrogen and oxygen atoms in total. The molecular formula is C10H12Cl2F3PSi. The lowest BCUT2D eigenvalue weighted by Crippen LogP contribution is -2.47. The number of halogens is 5. The lowest BCUT2D eigenvalue weighted by molar-refractivity contribution is -0.136. The molecule has 0 unspecified atom stereocenters. The summed E-state index contributed by atoms with van der Waals surface area (Å²) in [5.74, 6) is 0. The third-order valence-corrected chi connectivity index (χ3v) is 6.40. The Morgan fingerprint density at radius 1 is 1.12 bits per heavy atom. The Morgan fingerprint density at radius 2 is 1.65 bits per heavy atom. The van der Waals surface area contributed by atoms with E-state index < -0.39 is 26.4 Å². The predicted molar refractivity (Wildman–Crippen MR) is 72.7 cm³/mol. The maximum atomic E-state index is 12.9. The van der Waals surface area contributed by atoms with Gasteiger partial charge in [-0.05, 0) is 11.3 Å². The zero-order chi connectivity index (χ0) is 13.4. The highest BCUT2D eigenvalue weighted by atomic mass is 35.9. The topological polar surface area (TPSA) is 0 Å². The maximum Gasteiger partial charge on any atom is 0.417 e. The van der Waals surface area contributed by atoms with Crippen LogP contribution in [-0.4, -0.2) is 8.07 Å². The molecule has 1 aromatic carbocycles. The van der Waals surface area contributed by atoms with Gasteiger partial charge >= 0.3 is 6.18 Å². The van der Waals surface area contributed by atoms with E-state index in [1.54, 1.807) is 6.07 Å². The van der Waals surface area contributed by atoms with Crippen molar-refractivity contribution in [2.24, 2.45) is 0 Å². The molecule has 0 aliphatic rings. The van der Waals surface area contributed by atoms with Crippen molar-refractivity contribution >= 4 is 47.7 Å². The first-order valence-corrected chi connectivity index (χ1v) is 11.5. The van der Waals surface area contributed by atoms with Crippen molar-refractivity contribution in [3.05, 3.63) is 23.8 Å². The standard InChI is InChI=1S/C10H12Cl2F3PSi/c1-17(2,3)8-6-4-5-7(10(13,14)15)9(8)16(11)12/h4-6H,1-3H3. The van der Waals surface area contributed by atoms with E-state index in [-0.39, 0.29) is 5.30 Å². The molecule has 1 rings (SSSR count). The zero-order valence-corrected chi connectivity index (χ0v) is 13.0. The summed E-state index contributed by atoms with van der Waals surface area (Å²) in [5, 5.41) is 0.765. The molecule has 0 saturated carbocycles. The molecule has 0 fully saturated rings. The molecule has 1 aromatic rings. The van der Waals surface area contributed by atoms with Gasteiger partial charge in [0.15, 0.2) is 0 Å². The van der Waals surface area contributed by atoms with Crippen LogP contribution in [0, 0.1) is 0 Å². The fourth-order valence-corrected chi connectivity index (χ4v) is 6.50. The van der Waals surface area contributed by atoms with Crippen LogP contribution < -0.4 is 10.5 Å². The van der Waals surface area contributed by atoms with Crippen LogP contribution in [0.25, 0.3) is 0 Å². The van der Waals surface area contributed by atoms with Gasteiger partial charge in [0.25, 0.3) is 0 Å². The second-order valence-corrected chi connectivity index (χ2v) is 13.2. The Kier molecular flexibility index (Phi) is 4.57. The molecular weight excluding hydrogens is 307 g/mol. The lowest BCUT2D eigenvalue weighted by atomic mass is 10.2. The van der Waals surface area contributed by atoms with Gasteiger partial charge in [0.1, 0.15) is 6.63 Å². The maximum absolute atomic E-state index is 12.9. The van der Waals surface area contributed by atoms with Gasteiger partial charge in [-0.15, -0.1) is 0 Å². The number of benzene rings is 1. The van der Waals surface area contributed by atoms with Crippen LogP contribution in [0.4, 0.5) is 13.2 Å². The SMILES string of the molecule is C[Si](C)(C)c1cccc(C(F)(F)F)c1P(Cl)Cl. The molecule has 0 atom stereocenters. The second kappa shape index (κ2) is 5.08. The van der Waals surface area contributed by atoms with E-state index in [9.17, 15) is 13.2 Å². The number of rotatable bonds is 2. The fourth-order valence-electron chi connectivity index (χ4n) is 1.56. The molecule has 0 amide bonds. The van der Waals surface area contributed by atoms with Crippen molar-refractivity contribution in [3.63, 3.8) is 0 Å². The van der Waals surface area contributed by atoms with Crippen molar-refractivity contribution < 1.29 is 13.2 Å². The summed E-state index contributed by atoms with van der Waals surface area (Å²) in [6, 6.07) is 4.17. The highest BCUT2D eigenvalue weighted by molar-refractivity contribution is 8.09. The Balaban J connectivity index is 3.55. The quantitative estimate of drug-likeness (QED) is 0.549. The van der Waals surface area contributed by atoms with Gasteiger partial charge < -0.3 is 0 Å². The summed E-state index contributed by atoms with van der Waals surface area (Å²) in [6.07, 6.45) is -4.41. The van der Waals surface area contributed by atoms with Gasteiger partial charge in [0.05, 0.1) is 13.6 Å². The van der Waals surface area contributed by atoms with Crippen LogP contribution in [0.3, 0.4) is 0 Å². The number of alkyl halides is 3. The van der Waals surface area contributed by atoms with Crippen LogP contribution in [0.5, 0.6) is 0 Å². The van der Waals surface area contributed by atoms with E-state index in [2.05, 4.69) is 0 Å². The molecule has 0 spiro atoms. The van der Waals surface area contributed by atoms with Crippen LogP contribution in [0.2, 0.25) is 19.6 Å². The van der Waals surface area contributed by atoms with Crippen LogP contribution in [-0.2, 0) is 6.18 Å². The minimum atomic E-state index is -4.41. The van der Waals surface area contributed by atoms with Crippen LogP contribution >= 0.6 is 29.1 Å². The zero-order valence-electron chi connectivity index (χ0n) is 9.57. The van der Waals surface area contributed by atoms with Gasteiger partial charge in [-0.25, -0.2) is 0 Å². The monoisotopic (exact) mass is 318 g/mol. The van der Waals surface area contributed by atoms with Crippen molar-refractivity contribution in [1.82, 2.24) is 0 Å². The first-order valence-electron chi connectivity index (χ1n) is 4.87. The van der Waals surface area contributed by atoms with Gasteiger partial charge in [-0.3, -0.25) is 0 Å². The summed E-state index contributed by atoms with van der Waals surface area (Å²) < 4.78 is 38.7. The molecule has 0 aromatic heterocycles. The summed E-state index contributed by atoms with van der Waals surface area (Å²) in [7, 11) is -1.90. The Hall–Kier alpha value is 0.237. The first kappa shape index (κ1) is 15.3. The van der Waals surface area contributed by atoms with E-state index in [4.69, 9.17) is 22.5 Å². The molecule has 0 N–H and O–H groups in total. The largest absolute Gasteiger partial charge is 0.417 e. The first-order chi connectivity index (χ1) is 7.55. The lowest BCUT2D eigenvalue weighted by Gasteiger charge is -2.24. The minimum absolute atomic E-state index is 0.0810. The normalized spacial score (nSPS) is 13.2. The smallest absolute Gasteiger partial charge is 0.166 e. The van der Waals surface area contributed by atoms with E-state index in [0.717, 1.165) is 6.07 Å². The third kappa shape index (κ3) is 3.60. The molecule has 0 aliphatic heterocycles. The minimum Gasteiger partial charge on any atom is -0.166 e. The molecule has 0 heterocycles. The number of hydrogen-bond donors (Lipinski definition) is 0. The van der Waals surface area contributed by atoms with Crippen molar-refractivity contribution in [2.75, 3.05) is 0 Å². The molecule has 0 bridgehead atoms. The van der Waals surface area contributed by atoms with Crippen LogP contribution in [0.15, 0.2) is 18.2 Å². The second-order valence-electron chi connectivity index (χ2n) is 4.68. The summed E-state index contributed by atoms with van der Waals surface area (Å²) in [5.41, 5.74) is -0.700. The highest BCUT2D eigenvalue weighted by Gasteiger charge is 2.37. The average molecular weight is 319 g/mol. The molecule has 0 radical (unpaired) electrons. The summed E-state index contributed by atoms with van der Waals surface area (Å²) in [6.45, 7) is 4.11. The highest BCUT2D eigenvalue weighted by Crippen LogP contribution is 2.48. The van der Waals surface area contributed by atoms with E-state index in [1.807, 2.05) is 19.6 Å². The predicted octanol–water partition coefficient (Wildman–Crippen LogP) is 4.67. The molecule has 0 aliphatic carbocycles. The van der Waals surface area contributed by atoms with Gasteiger partial charge in [0.2, 0.25) is 0 Å². The number of hydrogen-bond acceptors (Lipinski definition) is 0. The molecule has 7 heteroatoms. The van der Waals surface area contributed by atoms with Gasteiger partial charge in [0, 0.05) is 5.30 Å². The van der Waals surface area contributed by atoms with E-state index in [1.165, 1.54) is 6.07 Å². The molecule has 17 heavy (non-hydrogen) atoms. The Bertz CT molecular complexity index is 381. The van der Waals surface area contributed by atoms with Crippen LogP contribution in [0.1, 0.15) is 5.56 Å². The molecule has 0 saturated heterocycles. The Morgan fingerprint density at radius 3 is 2.00 bits per heavy atom. The van der Waals surface area contributed by atoms with E-state index >= 15 is 0 Å². The average Bonchev–Trinajstić information content (AvgIpc) is 2.13. The molecule has 96 valence electrons. The van der Waals surface area contributed by atoms with Gasteiger partial charge in [-0.2, -0.15) is 13.2 Å². The van der Waals surface area contributed by atoms with Crippen molar-refractivity contribution in [3.8, 4) is 0 Å². The van der Waals surface area contributed by atoms with Crippen molar-refractivity contribution in [2.45, 2.75) is 25.8 Å². The summed E-state index contributed by atoms with van der Waals surface area (Å²) >= 11 is 11.6. The fraction of sp³-hybridized carbons (Fsp3) is 0.400. The summed E-state index contributed by atoms with van der Waals surface area (Å²) in [4.78, 5) is 0. The van der Waals surface area contributed by atoms with Gasteiger partial charge in [-0.1, -0.05) is 54.3 Å². The third-order valence-electron chi connectivity index (χ3n) is 2.32. The Labute approximate surface area is 110 Å². The van der Waals surface area contributed by atoms with E-state index in [0.29, 0.717) is 5.19 Å².